The largest absolute Gasteiger partial charge is 0.466 e. The molecule has 0 aliphatic carbocycles. The fraction of sp³-hybridized carbons (Fsp3) is 0.360. The summed E-state index contributed by atoms with van der Waals surface area (Å²) in [6, 6.07) is 17.1. The van der Waals surface area contributed by atoms with E-state index in [4.69, 9.17) is 9.57 Å². The van der Waals surface area contributed by atoms with Crippen molar-refractivity contribution in [3.05, 3.63) is 71.4 Å². The molecule has 0 N–H and O–H groups in total. The fourth-order valence-electron chi connectivity index (χ4n) is 4.52. The minimum Gasteiger partial charge on any atom is -0.466 e. The van der Waals surface area contributed by atoms with Gasteiger partial charge in [0.05, 0.1) is 18.4 Å². The summed E-state index contributed by atoms with van der Waals surface area (Å²) in [6.07, 6.45) is 0.0294. The van der Waals surface area contributed by atoms with E-state index in [1.807, 2.05) is 75.5 Å². The molecule has 1 unspecified atom stereocenters. The normalized spacial score (nSPS) is 17.6. The fourth-order valence-corrected chi connectivity index (χ4v) is 4.52. The van der Waals surface area contributed by atoms with Gasteiger partial charge in [0.15, 0.2) is 0 Å². The molecular weight excluding hydrogens is 392 g/mol. The van der Waals surface area contributed by atoms with Crippen LogP contribution in [0.3, 0.4) is 0 Å². The maximum atomic E-state index is 13.7. The van der Waals surface area contributed by atoms with Gasteiger partial charge in [-0.3, -0.25) is 14.4 Å². The molecule has 1 aromatic heterocycles. The summed E-state index contributed by atoms with van der Waals surface area (Å²) >= 11 is 0. The smallest absolute Gasteiger partial charge is 0.308 e. The molecule has 0 fully saturated rings. The molecule has 4 rings (SSSR count). The second kappa shape index (κ2) is 8.19. The molecule has 6 nitrogen and oxygen atoms in total. The highest BCUT2D eigenvalue weighted by atomic mass is 16.7. The van der Waals surface area contributed by atoms with Crippen LogP contribution in [0.15, 0.2) is 54.6 Å². The van der Waals surface area contributed by atoms with Crippen LogP contribution in [0.25, 0.3) is 10.9 Å². The molecule has 1 atom stereocenters. The van der Waals surface area contributed by atoms with E-state index in [1.54, 1.807) is 6.92 Å². The lowest BCUT2D eigenvalue weighted by atomic mass is 9.77. The number of carbonyl (C=O) groups is 2. The maximum Gasteiger partial charge on any atom is 0.308 e. The van der Waals surface area contributed by atoms with Crippen molar-refractivity contribution in [2.75, 3.05) is 6.61 Å². The number of benzene rings is 2. The van der Waals surface area contributed by atoms with Crippen LogP contribution in [0.5, 0.6) is 0 Å². The minimum absolute atomic E-state index is 0.0294. The molecule has 0 radical (unpaired) electrons. The van der Waals surface area contributed by atoms with Crippen molar-refractivity contribution in [1.29, 1.82) is 0 Å². The third-order valence-corrected chi connectivity index (χ3v) is 5.99. The molecule has 162 valence electrons. The molecule has 0 saturated carbocycles. The Bertz CT molecular complexity index is 1120. The second-order valence-electron chi connectivity index (χ2n) is 8.38. The Balaban J connectivity index is 1.83. The standard InChI is InChI=1S/C25H28N2O4/c1-5-30-21(28)15-20-23-22(18-13-9-10-14-19(18)26(23)4)25(2,3)24(29)27(20)31-16-17-11-7-6-8-12-17/h6-14,20H,5,15-16H2,1-4H3. The average Bonchev–Trinajstić information content (AvgIpc) is 3.06. The highest BCUT2D eigenvalue weighted by Gasteiger charge is 2.49. The van der Waals surface area contributed by atoms with Crippen LogP contribution in [0.2, 0.25) is 0 Å². The molecule has 2 heterocycles. The lowest BCUT2D eigenvalue weighted by Crippen LogP contribution is -2.50. The van der Waals surface area contributed by atoms with E-state index in [1.165, 1.54) is 5.06 Å². The number of fused-ring (bicyclic) bond motifs is 3. The number of para-hydroxylation sites is 1. The van der Waals surface area contributed by atoms with E-state index >= 15 is 0 Å². The minimum atomic E-state index is -0.807. The molecular formula is C25H28N2O4. The molecule has 0 spiro atoms. The first-order valence-electron chi connectivity index (χ1n) is 10.6. The van der Waals surface area contributed by atoms with Gasteiger partial charge in [0.1, 0.15) is 12.6 Å². The van der Waals surface area contributed by atoms with Crippen molar-refractivity contribution in [1.82, 2.24) is 9.63 Å². The number of rotatable bonds is 6. The number of hydroxylamine groups is 2. The van der Waals surface area contributed by atoms with Gasteiger partial charge < -0.3 is 9.30 Å². The number of carbonyl (C=O) groups excluding carboxylic acids is 2. The van der Waals surface area contributed by atoms with Crippen LogP contribution in [0.4, 0.5) is 0 Å². The second-order valence-corrected chi connectivity index (χ2v) is 8.38. The maximum absolute atomic E-state index is 13.7. The van der Waals surface area contributed by atoms with Gasteiger partial charge in [0.25, 0.3) is 5.91 Å². The number of esters is 1. The molecule has 6 heteroatoms. The lowest BCUT2D eigenvalue weighted by molar-refractivity contribution is -0.218. The van der Waals surface area contributed by atoms with Gasteiger partial charge in [0, 0.05) is 23.6 Å². The first kappa shape index (κ1) is 21.1. The Morgan fingerprint density at radius 1 is 1.06 bits per heavy atom. The zero-order valence-corrected chi connectivity index (χ0v) is 18.4. The zero-order chi connectivity index (χ0) is 22.2. The van der Waals surface area contributed by atoms with Crippen molar-refractivity contribution < 1.29 is 19.2 Å². The van der Waals surface area contributed by atoms with Crippen LogP contribution in [0.1, 0.15) is 50.1 Å². The van der Waals surface area contributed by atoms with Crippen molar-refractivity contribution in [3.63, 3.8) is 0 Å². The number of hydrogen-bond donors (Lipinski definition) is 0. The summed E-state index contributed by atoms with van der Waals surface area (Å²) < 4.78 is 7.30. The topological polar surface area (TPSA) is 60.8 Å². The number of ether oxygens (including phenoxy) is 1. The van der Waals surface area contributed by atoms with Crippen LogP contribution in [-0.4, -0.2) is 28.1 Å². The first-order chi connectivity index (χ1) is 14.9. The number of amides is 1. The van der Waals surface area contributed by atoms with Crippen LogP contribution < -0.4 is 0 Å². The van der Waals surface area contributed by atoms with Gasteiger partial charge >= 0.3 is 5.97 Å². The van der Waals surface area contributed by atoms with Gasteiger partial charge in [-0.15, -0.1) is 0 Å². The van der Waals surface area contributed by atoms with E-state index in [2.05, 4.69) is 4.57 Å². The van der Waals surface area contributed by atoms with Crippen molar-refractivity contribution in [2.24, 2.45) is 7.05 Å². The van der Waals surface area contributed by atoms with Crippen LogP contribution >= 0.6 is 0 Å². The predicted octanol–water partition coefficient (Wildman–Crippen LogP) is 4.42. The summed E-state index contributed by atoms with van der Waals surface area (Å²) in [5, 5.41) is 2.42. The quantitative estimate of drug-likeness (QED) is 0.554. The lowest BCUT2D eigenvalue weighted by Gasteiger charge is -2.42. The van der Waals surface area contributed by atoms with Gasteiger partial charge in [-0.25, -0.2) is 5.06 Å². The first-order valence-corrected chi connectivity index (χ1v) is 10.6. The van der Waals surface area contributed by atoms with E-state index < -0.39 is 11.5 Å². The monoisotopic (exact) mass is 420 g/mol. The number of aromatic nitrogens is 1. The molecule has 3 aromatic rings. The average molecular weight is 421 g/mol. The summed E-state index contributed by atoms with van der Waals surface area (Å²) in [5.74, 6) is -0.522. The Labute approximate surface area is 182 Å². The predicted molar refractivity (Wildman–Crippen MR) is 118 cm³/mol. The third-order valence-electron chi connectivity index (χ3n) is 5.99. The summed E-state index contributed by atoms with van der Waals surface area (Å²) in [7, 11) is 1.97. The van der Waals surface area contributed by atoms with E-state index in [9.17, 15) is 9.59 Å². The molecule has 0 bridgehead atoms. The van der Waals surface area contributed by atoms with Gasteiger partial charge in [-0.2, -0.15) is 0 Å². The molecule has 1 amide bonds. The van der Waals surface area contributed by atoms with Crippen LogP contribution in [-0.2, 0) is 38.2 Å². The molecule has 1 aliphatic rings. The highest BCUT2D eigenvalue weighted by Crippen LogP contribution is 2.47. The Hall–Kier alpha value is -3.12. The van der Waals surface area contributed by atoms with Gasteiger partial charge in [-0.05, 0) is 38.0 Å². The Kier molecular flexibility index (Phi) is 5.58. The Morgan fingerprint density at radius 2 is 1.74 bits per heavy atom. The summed E-state index contributed by atoms with van der Waals surface area (Å²) in [6.45, 7) is 6.14. The molecule has 31 heavy (non-hydrogen) atoms. The van der Waals surface area contributed by atoms with E-state index in [0.717, 1.165) is 27.7 Å². The van der Waals surface area contributed by atoms with E-state index in [-0.39, 0.29) is 31.5 Å². The van der Waals surface area contributed by atoms with Crippen molar-refractivity contribution in [2.45, 2.75) is 45.3 Å². The van der Waals surface area contributed by atoms with Crippen LogP contribution in [0, 0.1) is 0 Å². The van der Waals surface area contributed by atoms with Crippen molar-refractivity contribution in [3.8, 4) is 0 Å². The van der Waals surface area contributed by atoms with Crippen molar-refractivity contribution >= 4 is 22.8 Å². The molecule has 1 aliphatic heterocycles. The number of aryl methyl sites for hydroxylation is 1. The van der Waals surface area contributed by atoms with Gasteiger partial charge in [-0.1, -0.05) is 48.5 Å². The SMILES string of the molecule is CCOC(=O)CC1c2c(c3ccccc3n2C)C(C)(C)C(=O)N1OCc1ccccc1. The number of hydrogen-bond acceptors (Lipinski definition) is 4. The number of nitrogens with zero attached hydrogens (tertiary/aromatic N) is 2. The Morgan fingerprint density at radius 3 is 2.45 bits per heavy atom. The van der Waals surface area contributed by atoms with Gasteiger partial charge in [0.2, 0.25) is 0 Å². The van der Waals surface area contributed by atoms with E-state index in [0.29, 0.717) is 0 Å². The summed E-state index contributed by atoms with van der Waals surface area (Å²) in [5.41, 5.74) is 3.02. The summed E-state index contributed by atoms with van der Waals surface area (Å²) in [4.78, 5) is 32.3. The molecule has 0 saturated heterocycles. The highest BCUT2D eigenvalue weighted by molar-refractivity contribution is 5.98. The zero-order valence-electron chi connectivity index (χ0n) is 18.4. The molecule has 2 aromatic carbocycles. The third kappa shape index (κ3) is 3.61.